The van der Waals surface area contributed by atoms with Gasteiger partial charge in [-0.25, -0.2) is 0 Å². The molecule has 2 aliphatic rings. The maximum atomic E-state index is 2.64. The molecule has 0 aliphatic carbocycles. The molecule has 0 amide bonds. The van der Waals surface area contributed by atoms with Gasteiger partial charge >= 0.3 is 0 Å². The predicted molar refractivity (Wildman–Crippen MR) is 108 cm³/mol. The molecule has 0 spiro atoms. The van der Waals surface area contributed by atoms with Gasteiger partial charge in [-0.1, -0.05) is 48.2 Å². The third-order valence-corrected chi connectivity index (χ3v) is 6.72. The molecule has 0 bridgehead atoms. The summed E-state index contributed by atoms with van der Waals surface area (Å²) in [5, 5.41) is 0. The first kappa shape index (κ1) is 16.3. The number of benzene rings is 2. The van der Waals surface area contributed by atoms with Gasteiger partial charge in [-0.3, -0.25) is 0 Å². The monoisotopic (exact) mass is 353 g/mol. The van der Waals surface area contributed by atoms with E-state index < -0.39 is 0 Å². The molecule has 2 aromatic rings. The smallest absolute Gasteiger partial charge is 0.0197 e. The summed E-state index contributed by atoms with van der Waals surface area (Å²) in [5.74, 6) is 1.23. The third-order valence-electron chi connectivity index (χ3n) is 4.98. The van der Waals surface area contributed by atoms with Gasteiger partial charge in [0.1, 0.15) is 0 Å². The minimum Gasteiger partial charge on any atom is -0.302 e. The molecule has 4 rings (SSSR count). The van der Waals surface area contributed by atoms with Crippen LogP contribution in [-0.2, 0) is 0 Å². The van der Waals surface area contributed by atoms with Crippen molar-refractivity contribution in [3.05, 3.63) is 59.7 Å². The lowest BCUT2D eigenvalue weighted by Gasteiger charge is -2.20. The lowest BCUT2D eigenvalue weighted by atomic mass is 9.91. The van der Waals surface area contributed by atoms with E-state index in [1.807, 2.05) is 23.5 Å². The molecule has 0 fully saturated rings. The van der Waals surface area contributed by atoms with Crippen LogP contribution >= 0.6 is 23.5 Å². The van der Waals surface area contributed by atoms with Gasteiger partial charge in [-0.2, -0.15) is 11.8 Å². The summed E-state index contributed by atoms with van der Waals surface area (Å²) < 4.78 is 0. The van der Waals surface area contributed by atoms with Crippen molar-refractivity contribution in [2.24, 2.45) is 0 Å². The number of fused-ring (bicyclic) bond motifs is 4. The highest BCUT2D eigenvalue weighted by Gasteiger charge is 2.24. The zero-order valence-electron chi connectivity index (χ0n) is 14.1. The van der Waals surface area contributed by atoms with Crippen molar-refractivity contribution in [2.75, 3.05) is 31.6 Å². The molecule has 2 aromatic carbocycles. The van der Waals surface area contributed by atoms with Crippen molar-refractivity contribution in [1.82, 2.24) is 4.90 Å². The van der Waals surface area contributed by atoms with E-state index in [1.165, 1.54) is 46.3 Å². The third kappa shape index (κ3) is 3.17. The Morgan fingerprint density at radius 1 is 0.875 bits per heavy atom. The molecule has 2 heterocycles. The molecule has 0 saturated carbocycles. The molecule has 24 heavy (non-hydrogen) atoms. The normalized spacial score (nSPS) is 17.5. The maximum Gasteiger partial charge on any atom is 0.0197 e. The summed E-state index contributed by atoms with van der Waals surface area (Å²) in [4.78, 5) is 5.46. The number of rotatable bonds is 3. The molecular weight excluding hydrogens is 330 g/mol. The van der Waals surface area contributed by atoms with Crippen LogP contribution in [0.2, 0.25) is 0 Å². The average Bonchev–Trinajstić information content (AvgIpc) is 2.90. The second-order valence-electron chi connectivity index (χ2n) is 6.39. The second kappa shape index (κ2) is 7.38. The van der Waals surface area contributed by atoms with E-state index >= 15 is 0 Å². The Labute approximate surface area is 153 Å². The molecule has 1 nitrogen and oxygen atoms in total. The van der Waals surface area contributed by atoms with Crippen LogP contribution in [0.25, 0.3) is 11.1 Å². The van der Waals surface area contributed by atoms with Crippen LogP contribution in [0.3, 0.4) is 0 Å². The first-order valence-electron chi connectivity index (χ1n) is 8.67. The van der Waals surface area contributed by atoms with Crippen molar-refractivity contribution in [3.8, 4) is 0 Å². The maximum absolute atomic E-state index is 2.64. The fourth-order valence-corrected chi connectivity index (χ4v) is 5.29. The summed E-state index contributed by atoms with van der Waals surface area (Å²) in [6.07, 6.45) is 4.53. The zero-order valence-corrected chi connectivity index (χ0v) is 15.8. The van der Waals surface area contributed by atoms with Gasteiger partial charge in [0.15, 0.2) is 0 Å². The fraction of sp³-hybridized carbons (Fsp3) is 0.333. The molecule has 0 N–H and O–H groups in total. The molecule has 0 aromatic heterocycles. The quantitative estimate of drug-likeness (QED) is 0.715. The Morgan fingerprint density at radius 3 is 1.96 bits per heavy atom. The highest BCUT2D eigenvalue weighted by Crippen LogP contribution is 2.46. The second-order valence-corrected chi connectivity index (χ2v) is 8.46. The van der Waals surface area contributed by atoms with Crippen molar-refractivity contribution in [2.45, 2.75) is 22.6 Å². The summed E-state index contributed by atoms with van der Waals surface area (Å²) in [7, 11) is 0. The molecule has 0 unspecified atom stereocenters. The molecule has 3 heteroatoms. The first-order valence-corrected chi connectivity index (χ1v) is 10.9. The highest BCUT2D eigenvalue weighted by molar-refractivity contribution is 7.99. The standard InChI is InChI=1S/C21H23NS2/c1-23-15-14-22-12-10-16-17(11-13-22)19-7-3-5-9-21(19)24-20-8-4-2-6-18(16)20/h2-9H,10-15H2,1H3. The van der Waals surface area contributed by atoms with Gasteiger partial charge in [0.05, 0.1) is 0 Å². The summed E-state index contributed by atoms with van der Waals surface area (Å²) in [6, 6.07) is 17.9. The van der Waals surface area contributed by atoms with Crippen molar-refractivity contribution in [1.29, 1.82) is 0 Å². The van der Waals surface area contributed by atoms with Crippen LogP contribution < -0.4 is 0 Å². The Hall–Kier alpha value is -1.16. The Bertz CT molecular complexity index is 706. The van der Waals surface area contributed by atoms with Crippen molar-refractivity contribution in [3.63, 3.8) is 0 Å². The van der Waals surface area contributed by atoms with E-state index in [2.05, 4.69) is 59.7 Å². The summed E-state index contributed by atoms with van der Waals surface area (Å²) in [6.45, 7) is 3.57. The lowest BCUT2D eigenvalue weighted by Crippen LogP contribution is -2.27. The largest absolute Gasteiger partial charge is 0.302 e. The number of nitrogens with zero attached hydrogens (tertiary/aromatic N) is 1. The van der Waals surface area contributed by atoms with Crippen molar-refractivity contribution < 1.29 is 0 Å². The number of hydrogen-bond donors (Lipinski definition) is 0. The Morgan fingerprint density at radius 2 is 1.42 bits per heavy atom. The molecule has 0 atom stereocenters. The molecule has 124 valence electrons. The van der Waals surface area contributed by atoms with Crippen molar-refractivity contribution >= 4 is 34.7 Å². The zero-order chi connectivity index (χ0) is 16.4. The van der Waals surface area contributed by atoms with Gasteiger partial charge in [0.2, 0.25) is 0 Å². The van der Waals surface area contributed by atoms with E-state index in [0.717, 1.165) is 12.8 Å². The van der Waals surface area contributed by atoms with Gasteiger partial charge < -0.3 is 4.90 Å². The van der Waals surface area contributed by atoms with Gasteiger partial charge in [0.25, 0.3) is 0 Å². The van der Waals surface area contributed by atoms with E-state index in [9.17, 15) is 0 Å². The van der Waals surface area contributed by atoms with Crippen LogP contribution in [0.15, 0.2) is 58.3 Å². The van der Waals surface area contributed by atoms with Crippen LogP contribution in [0, 0.1) is 0 Å². The van der Waals surface area contributed by atoms with E-state index in [4.69, 9.17) is 0 Å². The van der Waals surface area contributed by atoms with Crippen LogP contribution in [0.1, 0.15) is 24.0 Å². The Balaban J connectivity index is 1.77. The van der Waals surface area contributed by atoms with Gasteiger partial charge in [0, 0.05) is 35.2 Å². The molecule has 0 radical (unpaired) electrons. The highest BCUT2D eigenvalue weighted by atomic mass is 32.2. The van der Waals surface area contributed by atoms with E-state index in [-0.39, 0.29) is 0 Å². The average molecular weight is 354 g/mol. The number of thioether (sulfide) groups is 1. The fourth-order valence-electron chi connectivity index (χ4n) is 3.72. The van der Waals surface area contributed by atoms with Gasteiger partial charge in [-0.15, -0.1) is 0 Å². The molecular formula is C21H23NS2. The van der Waals surface area contributed by atoms with E-state index in [1.54, 1.807) is 11.1 Å². The minimum atomic E-state index is 1.16. The van der Waals surface area contributed by atoms with Gasteiger partial charge in [-0.05, 0) is 53.5 Å². The number of hydrogen-bond acceptors (Lipinski definition) is 3. The lowest BCUT2D eigenvalue weighted by molar-refractivity contribution is 0.309. The van der Waals surface area contributed by atoms with E-state index in [0.29, 0.717) is 0 Å². The first-order chi connectivity index (χ1) is 11.9. The molecule has 0 saturated heterocycles. The van der Waals surface area contributed by atoms with Crippen LogP contribution in [0.5, 0.6) is 0 Å². The van der Waals surface area contributed by atoms with Crippen LogP contribution in [0.4, 0.5) is 0 Å². The molecule has 2 aliphatic heterocycles. The summed E-state index contributed by atoms with van der Waals surface area (Å²) in [5.41, 5.74) is 6.07. The minimum absolute atomic E-state index is 1.16. The van der Waals surface area contributed by atoms with Crippen LogP contribution in [-0.4, -0.2) is 36.5 Å². The topological polar surface area (TPSA) is 3.24 Å². The SMILES string of the molecule is CSCCN1CCC2=C(CC1)c1ccccc1Sc1ccccc12. The Kier molecular flexibility index (Phi) is 5.02. The summed E-state index contributed by atoms with van der Waals surface area (Å²) >= 11 is 3.88. The predicted octanol–water partition coefficient (Wildman–Crippen LogP) is 5.52.